The molecule has 3 aromatic rings. The second-order valence-corrected chi connectivity index (χ2v) is 9.61. The minimum atomic E-state index is -1.67. The lowest BCUT2D eigenvalue weighted by molar-refractivity contribution is -0.0639. The van der Waals surface area contributed by atoms with E-state index >= 15 is 0 Å². The maximum Gasteiger partial charge on any atom is 0.356 e. The largest absolute Gasteiger partial charge is 0.496 e. The number of hydrogen-bond donors (Lipinski definition) is 1. The van der Waals surface area contributed by atoms with Gasteiger partial charge in [-0.3, -0.25) is 4.79 Å². The monoisotopic (exact) mass is 515 g/mol. The molecule has 0 fully saturated rings. The molecule has 5 rings (SSSR count). The molecule has 35 heavy (non-hydrogen) atoms. The van der Waals surface area contributed by atoms with Gasteiger partial charge in [-0.2, -0.15) is 11.3 Å². The van der Waals surface area contributed by atoms with Crippen LogP contribution in [0.1, 0.15) is 45.1 Å². The highest BCUT2D eigenvalue weighted by Gasteiger charge is 2.62. The fourth-order valence-corrected chi connectivity index (χ4v) is 5.90. The summed E-state index contributed by atoms with van der Waals surface area (Å²) in [6.45, 7) is 1.80. The van der Waals surface area contributed by atoms with Gasteiger partial charge in [-0.05, 0) is 40.4 Å². The number of nitrogens with zero attached hydrogens (tertiary/aromatic N) is 1. The van der Waals surface area contributed by atoms with Gasteiger partial charge in [0.1, 0.15) is 33.9 Å². The first-order valence-electron chi connectivity index (χ1n) is 10.8. The van der Waals surface area contributed by atoms with Crippen molar-refractivity contribution in [3.63, 3.8) is 0 Å². The summed E-state index contributed by atoms with van der Waals surface area (Å²) in [5.74, 6) is -0.908. The quantitative estimate of drug-likeness (QED) is 0.506. The number of benzene rings is 1. The van der Waals surface area contributed by atoms with Gasteiger partial charge in [0, 0.05) is 23.2 Å². The molecule has 0 amide bonds. The van der Waals surface area contributed by atoms with E-state index in [-0.39, 0.29) is 39.9 Å². The number of esters is 1. The second kappa shape index (κ2) is 8.51. The van der Waals surface area contributed by atoms with E-state index in [0.29, 0.717) is 16.8 Å². The highest BCUT2D eigenvalue weighted by Crippen LogP contribution is 2.57. The van der Waals surface area contributed by atoms with Crippen molar-refractivity contribution in [3.05, 3.63) is 56.5 Å². The first kappa shape index (κ1) is 23.6. The van der Waals surface area contributed by atoms with E-state index in [4.69, 9.17) is 30.5 Å². The molecule has 10 heteroatoms. The average molecular weight is 516 g/mol. The van der Waals surface area contributed by atoms with E-state index in [1.807, 2.05) is 16.8 Å². The second-order valence-electron chi connectivity index (χ2n) is 8.45. The Morgan fingerprint density at radius 2 is 2.00 bits per heavy atom. The molecule has 8 nitrogen and oxygen atoms in total. The summed E-state index contributed by atoms with van der Waals surface area (Å²) in [6, 6.07) is 4.97. The number of aliphatic hydroxyl groups is 1. The molecule has 1 aliphatic heterocycles. The maximum absolute atomic E-state index is 14.0. The smallest absolute Gasteiger partial charge is 0.356 e. The molecule has 1 spiro atoms. The number of fused-ring (bicyclic) bond motifs is 2. The van der Waals surface area contributed by atoms with E-state index < -0.39 is 29.4 Å². The van der Waals surface area contributed by atoms with Crippen LogP contribution >= 0.6 is 22.9 Å². The predicted octanol–water partition coefficient (Wildman–Crippen LogP) is 4.51. The Kier molecular flexibility index (Phi) is 5.74. The predicted molar refractivity (Wildman–Crippen MR) is 129 cm³/mol. The Bertz CT molecular complexity index is 1360. The number of ether oxygens (including phenoxy) is 4. The molecule has 3 atom stereocenters. The highest BCUT2D eigenvalue weighted by atomic mass is 35.5. The number of ketones is 1. The third-order valence-corrected chi connectivity index (χ3v) is 7.76. The summed E-state index contributed by atoms with van der Waals surface area (Å²) in [7, 11) is 4.17. The van der Waals surface area contributed by atoms with Gasteiger partial charge in [0.15, 0.2) is 5.75 Å². The number of carbonyl (C=O) groups excluding carboxylic acids is 2. The van der Waals surface area contributed by atoms with Crippen molar-refractivity contribution in [2.45, 2.75) is 25.0 Å². The lowest BCUT2D eigenvalue weighted by atomic mass is 9.68. The molecule has 1 aromatic carbocycles. The van der Waals surface area contributed by atoms with Gasteiger partial charge in [-0.1, -0.05) is 18.5 Å². The lowest BCUT2D eigenvalue weighted by Gasteiger charge is -2.42. The fraction of sp³-hybridized carbons (Fsp3) is 0.320. The molecule has 0 saturated carbocycles. The number of methoxy groups -OCH3 is 3. The Morgan fingerprint density at radius 1 is 1.26 bits per heavy atom. The standard InChI is InChI=1S/C25H22ClNO7S/c1-11-7-14-18(13(12-5-6-35-10-12)8-15(27-14)24(30)33-4)22(28)25(11)23(29)19-16(31-2)9-17(32-3)20(26)21(19)34-25/h5-6,8-11,22,28H,7H2,1-4H3/t11-,22?,25+/m1/s1. The zero-order valence-electron chi connectivity index (χ0n) is 19.4. The third kappa shape index (κ3) is 3.26. The number of halogens is 1. The van der Waals surface area contributed by atoms with Crippen LogP contribution in [0.5, 0.6) is 17.2 Å². The molecular weight excluding hydrogens is 494 g/mol. The minimum absolute atomic E-state index is 0.110. The number of Topliss-reactive ketones (excluding diaryl/α,β-unsaturated/α-hetero) is 1. The van der Waals surface area contributed by atoms with Crippen molar-refractivity contribution in [2.75, 3.05) is 21.3 Å². The van der Waals surface area contributed by atoms with Gasteiger partial charge >= 0.3 is 5.97 Å². The topological polar surface area (TPSA) is 104 Å². The van der Waals surface area contributed by atoms with Crippen LogP contribution in [0.4, 0.5) is 0 Å². The van der Waals surface area contributed by atoms with Crippen molar-refractivity contribution < 1.29 is 33.6 Å². The first-order chi connectivity index (χ1) is 16.8. The molecule has 0 saturated heterocycles. The molecule has 182 valence electrons. The number of aliphatic hydroxyl groups excluding tert-OH is 1. The van der Waals surface area contributed by atoms with E-state index in [1.165, 1.54) is 38.7 Å². The maximum atomic E-state index is 14.0. The summed E-state index contributed by atoms with van der Waals surface area (Å²) in [5.41, 5.74) is 0.905. The van der Waals surface area contributed by atoms with Crippen LogP contribution in [-0.2, 0) is 11.2 Å². The number of pyridine rings is 1. The van der Waals surface area contributed by atoms with Gasteiger partial charge in [0.2, 0.25) is 11.4 Å². The molecule has 0 bridgehead atoms. The third-order valence-electron chi connectivity index (χ3n) is 6.72. The van der Waals surface area contributed by atoms with Crippen LogP contribution in [0.15, 0.2) is 29.0 Å². The summed E-state index contributed by atoms with van der Waals surface area (Å²) in [5, 5.41) is 15.8. The summed E-state index contributed by atoms with van der Waals surface area (Å²) in [4.78, 5) is 30.8. The summed E-state index contributed by atoms with van der Waals surface area (Å²) in [6.07, 6.45) is -1.13. The van der Waals surface area contributed by atoms with E-state index in [9.17, 15) is 14.7 Å². The molecule has 1 aliphatic carbocycles. The Balaban J connectivity index is 1.73. The molecule has 3 heterocycles. The Hall–Kier alpha value is -3.14. The number of thiophene rings is 1. The van der Waals surface area contributed by atoms with Crippen molar-refractivity contribution >= 4 is 34.7 Å². The lowest BCUT2D eigenvalue weighted by Crippen LogP contribution is -2.55. The van der Waals surface area contributed by atoms with Crippen LogP contribution < -0.4 is 14.2 Å². The van der Waals surface area contributed by atoms with Gasteiger partial charge in [-0.15, -0.1) is 0 Å². The van der Waals surface area contributed by atoms with Crippen LogP contribution in [-0.4, -0.2) is 48.8 Å². The SMILES string of the molecule is COC(=O)c1cc(-c2ccsc2)c2c(n1)C[C@@H](C)[C@]1(Oc3c(Cl)c(OC)cc(OC)c3C1=O)C2O. The Morgan fingerprint density at radius 3 is 2.63 bits per heavy atom. The molecule has 1 N–H and O–H groups in total. The Labute approximate surface area is 210 Å². The van der Waals surface area contributed by atoms with Gasteiger partial charge in [0.05, 0.1) is 21.3 Å². The molecule has 0 radical (unpaired) electrons. The summed E-state index contributed by atoms with van der Waals surface area (Å²) < 4.78 is 22.0. The number of rotatable bonds is 4. The van der Waals surface area contributed by atoms with Crippen LogP contribution in [0.3, 0.4) is 0 Å². The van der Waals surface area contributed by atoms with Crippen molar-refractivity contribution in [3.8, 4) is 28.4 Å². The number of carbonyl (C=O) groups is 2. The normalized spacial score (nSPS) is 22.4. The highest BCUT2D eigenvalue weighted by molar-refractivity contribution is 7.08. The van der Waals surface area contributed by atoms with Crippen LogP contribution in [0, 0.1) is 5.92 Å². The minimum Gasteiger partial charge on any atom is -0.496 e. The van der Waals surface area contributed by atoms with Gasteiger partial charge in [-0.25, -0.2) is 9.78 Å². The number of hydrogen-bond acceptors (Lipinski definition) is 9. The van der Waals surface area contributed by atoms with Crippen LogP contribution in [0.25, 0.3) is 11.1 Å². The first-order valence-corrected chi connectivity index (χ1v) is 12.1. The van der Waals surface area contributed by atoms with Gasteiger partial charge in [0.25, 0.3) is 0 Å². The molecule has 2 aliphatic rings. The number of aromatic nitrogens is 1. The average Bonchev–Trinajstić information content (AvgIpc) is 3.50. The van der Waals surface area contributed by atoms with Crippen molar-refractivity contribution in [2.24, 2.45) is 5.92 Å². The van der Waals surface area contributed by atoms with Crippen molar-refractivity contribution in [1.29, 1.82) is 0 Å². The molecule has 1 unspecified atom stereocenters. The molecule has 2 aromatic heterocycles. The van der Waals surface area contributed by atoms with Crippen LogP contribution in [0.2, 0.25) is 5.02 Å². The molecular formula is C25H22ClNO7S. The van der Waals surface area contributed by atoms with Crippen molar-refractivity contribution in [1.82, 2.24) is 4.98 Å². The van der Waals surface area contributed by atoms with E-state index in [1.54, 1.807) is 13.0 Å². The van der Waals surface area contributed by atoms with Gasteiger partial charge < -0.3 is 24.1 Å². The zero-order valence-corrected chi connectivity index (χ0v) is 21.0. The van der Waals surface area contributed by atoms with E-state index in [0.717, 1.165) is 5.56 Å². The fourth-order valence-electron chi connectivity index (χ4n) is 4.98. The van der Waals surface area contributed by atoms with E-state index in [2.05, 4.69) is 4.98 Å². The zero-order chi connectivity index (χ0) is 25.1. The summed E-state index contributed by atoms with van der Waals surface area (Å²) >= 11 is 8.00.